The van der Waals surface area contributed by atoms with Crippen LogP contribution < -0.4 is 4.74 Å². The molecule has 8 heteroatoms. The standard InChI is InChI=1S/C11H7Cl2F3O3/c12-9(13)1-2-19-8-4-6(10(17)18)3-7(5-8)11(14,15)16/h1,3-5H,2H2,(H,17,18). The molecule has 0 unspecified atom stereocenters. The minimum absolute atomic E-state index is 0.106. The van der Waals surface area contributed by atoms with Gasteiger partial charge in [-0.2, -0.15) is 13.2 Å². The monoisotopic (exact) mass is 314 g/mol. The third-order valence-electron chi connectivity index (χ3n) is 1.97. The highest BCUT2D eigenvalue weighted by Gasteiger charge is 2.32. The second kappa shape index (κ2) is 6.16. The molecular formula is C11H7Cl2F3O3. The molecule has 0 heterocycles. The maximum absolute atomic E-state index is 12.6. The fraction of sp³-hybridized carbons (Fsp3) is 0.182. The van der Waals surface area contributed by atoms with Crippen molar-refractivity contribution in [3.05, 3.63) is 39.9 Å². The van der Waals surface area contributed by atoms with Gasteiger partial charge >= 0.3 is 12.1 Å². The molecule has 0 aromatic heterocycles. The van der Waals surface area contributed by atoms with Crippen LogP contribution in [0.1, 0.15) is 15.9 Å². The molecule has 0 bridgehead atoms. The van der Waals surface area contributed by atoms with Crippen LogP contribution in [0.5, 0.6) is 5.75 Å². The van der Waals surface area contributed by atoms with E-state index in [0.29, 0.717) is 12.1 Å². The highest BCUT2D eigenvalue weighted by Crippen LogP contribution is 2.32. The van der Waals surface area contributed by atoms with E-state index in [9.17, 15) is 18.0 Å². The van der Waals surface area contributed by atoms with E-state index in [-0.39, 0.29) is 16.8 Å². The number of rotatable bonds is 4. The summed E-state index contributed by atoms with van der Waals surface area (Å²) < 4.78 is 42.5. The van der Waals surface area contributed by atoms with Crippen LogP contribution in [-0.2, 0) is 6.18 Å². The normalized spacial score (nSPS) is 11.0. The lowest BCUT2D eigenvalue weighted by Crippen LogP contribution is -2.08. The van der Waals surface area contributed by atoms with E-state index in [0.717, 1.165) is 6.07 Å². The molecule has 0 saturated heterocycles. The number of alkyl halides is 3. The number of carboxylic acid groups (broad SMARTS) is 1. The van der Waals surface area contributed by atoms with Crippen LogP contribution in [0.3, 0.4) is 0 Å². The van der Waals surface area contributed by atoms with E-state index >= 15 is 0 Å². The number of hydrogen-bond acceptors (Lipinski definition) is 2. The number of carboxylic acids is 1. The molecule has 19 heavy (non-hydrogen) atoms. The van der Waals surface area contributed by atoms with Crippen LogP contribution >= 0.6 is 23.2 Å². The van der Waals surface area contributed by atoms with Gasteiger partial charge in [0.15, 0.2) is 0 Å². The maximum atomic E-state index is 12.6. The first-order valence-corrected chi connectivity index (χ1v) is 5.55. The molecule has 0 amide bonds. The van der Waals surface area contributed by atoms with E-state index in [2.05, 4.69) is 0 Å². The Hall–Kier alpha value is -1.40. The smallest absolute Gasteiger partial charge is 0.416 e. The average Bonchev–Trinajstić information content (AvgIpc) is 2.26. The molecule has 1 N–H and O–H groups in total. The third kappa shape index (κ3) is 5.00. The lowest BCUT2D eigenvalue weighted by atomic mass is 10.1. The Labute approximate surface area is 116 Å². The minimum atomic E-state index is -4.66. The zero-order valence-corrected chi connectivity index (χ0v) is 10.7. The van der Waals surface area contributed by atoms with Crippen molar-refractivity contribution in [3.63, 3.8) is 0 Å². The Kier molecular flexibility index (Phi) is 5.08. The van der Waals surface area contributed by atoms with Gasteiger partial charge in [0.2, 0.25) is 0 Å². The third-order valence-corrected chi connectivity index (χ3v) is 2.28. The summed E-state index contributed by atoms with van der Waals surface area (Å²) in [5, 5.41) is 8.74. The highest BCUT2D eigenvalue weighted by molar-refractivity contribution is 6.55. The van der Waals surface area contributed by atoms with Crippen molar-refractivity contribution in [2.45, 2.75) is 6.18 Å². The first kappa shape index (κ1) is 15.7. The van der Waals surface area contributed by atoms with Crippen LogP contribution in [0, 0.1) is 0 Å². The molecule has 0 atom stereocenters. The zero-order chi connectivity index (χ0) is 14.6. The van der Waals surface area contributed by atoms with Crippen LogP contribution in [0.4, 0.5) is 13.2 Å². The molecule has 3 nitrogen and oxygen atoms in total. The molecule has 0 saturated carbocycles. The van der Waals surface area contributed by atoms with Gasteiger partial charge in [0.05, 0.1) is 11.1 Å². The van der Waals surface area contributed by atoms with E-state index in [1.54, 1.807) is 0 Å². The number of benzene rings is 1. The van der Waals surface area contributed by atoms with Gasteiger partial charge in [-0.1, -0.05) is 23.2 Å². The summed E-state index contributed by atoms with van der Waals surface area (Å²) in [4.78, 5) is 10.7. The maximum Gasteiger partial charge on any atom is 0.416 e. The van der Waals surface area contributed by atoms with Crippen molar-refractivity contribution >= 4 is 29.2 Å². The highest BCUT2D eigenvalue weighted by atomic mass is 35.5. The topological polar surface area (TPSA) is 46.5 Å². The summed E-state index contributed by atoms with van der Waals surface area (Å²) in [7, 11) is 0. The molecule has 0 aliphatic heterocycles. The van der Waals surface area contributed by atoms with Crippen molar-refractivity contribution in [3.8, 4) is 5.75 Å². The minimum Gasteiger partial charge on any atom is -0.489 e. The van der Waals surface area contributed by atoms with Crippen LogP contribution in [0.15, 0.2) is 28.8 Å². The lowest BCUT2D eigenvalue weighted by Gasteiger charge is -2.11. The molecule has 0 radical (unpaired) electrons. The van der Waals surface area contributed by atoms with E-state index < -0.39 is 23.3 Å². The Bertz CT molecular complexity index is 508. The summed E-state index contributed by atoms with van der Waals surface area (Å²) in [6.45, 7) is -0.178. The van der Waals surface area contributed by atoms with E-state index in [4.69, 9.17) is 33.0 Å². The Morgan fingerprint density at radius 2 is 1.95 bits per heavy atom. The van der Waals surface area contributed by atoms with Crippen LogP contribution in [0.2, 0.25) is 0 Å². The molecule has 0 fully saturated rings. The van der Waals surface area contributed by atoms with E-state index in [1.165, 1.54) is 6.08 Å². The van der Waals surface area contributed by atoms with Crippen molar-refractivity contribution in [2.75, 3.05) is 6.61 Å². The average molecular weight is 315 g/mol. The van der Waals surface area contributed by atoms with Gasteiger partial charge in [0.1, 0.15) is 16.8 Å². The van der Waals surface area contributed by atoms with E-state index in [1.807, 2.05) is 0 Å². The lowest BCUT2D eigenvalue weighted by molar-refractivity contribution is -0.137. The van der Waals surface area contributed by atoms with Crippen molar-refractivity contribution in [1.29, 1.82) is 0 Å². The Morgan fingerprint density at radius 1 is 1.32 bits per heavy atom. The fourth-order valence-electron chi connectivity index (χ4n) is 1.17. The number of halogens is 5. The quantitative estimate of drug-likeness (QED) is 0.910. The summed E-state index contributed by atoms with van der Waals surface area (Å²) in [5.41, 5.74) is -1.63. The summed E-state index contributed by atoms with van der Waals surface area (Å²) in [5.74, 6) is -1.72. The molecule has 1 aromatic carbocycles. The molecule has 0 aliphatic rings. The number of carbonyl (C=O) groups is 1. The summed E-state index contributed by atoms with van der Waals surface area (Å²) in [6.07, 6.45) is -3.45. The molecule has 1 aromatic rings. The Morgan fingerprint density at radius 3 is 2.42 bits per heavy atom. The van der Waals surface area contributed by atoms with Gasteiger partial charge < -0.3 is 9.84 Å². The predicted octanol–water partition coefficient (Wildman–Crippen LogP) is 4.10. The molecule has 1 rings (SSSR count). The molecule has 0 aliphatic carbocycles. The van der Waals surface area contributed by atoms with Crippen LogP contribution in [-0.4, -0.2) is 17.7 Å². The van der Waals surface area contributed by atoms with Crippen molar-refractivity contribution < 1.29 is 27.8 Å². The van der Waals surface area contributed by atoms with Gasteiger partial charge in [0.25, 0.3) is 0 Å². The fourth-order valence-corrected chi connectivity index (χ4v) is 1.30. The summed E-state index contributed by atoms with van der Waals surface area (Å²) in [6, 6.07) is 2.20. The SMILES string of the molecule is O=C(O)c1cc(OCC=C(Cl)Cl)cc(C(F)(F)F)c1. The predicted molar refractivity (Wildman–Crippen MR) is 63.7 cm³/mol. The van der Waals surface area contributed by atoms with Crippen molar-refractivity contribution in [2.24, 2.45) is 0 Å². The number of aromatic carboxylic acids is 1. The van der Waals surface area contributed by atoms with Gasteiger partial charge in [-0.15, -0.1) is 0 Å². The number of ether oxygens (including phenoxy) is 1. The van der Waals surface area contributed by atoms with Crippen molar-refractivity contribution in [1.82, 2.24) is 0 Å². The summed E-state index contributed by atoms with van der Waals surface area (Å²) >= 11 is 10.6. The molecule has 0 spiro atoms. The van der Waals surface area contributed by atoms with Gasteiger partial charge in [0, 0.05) is 0 Å². The molecule has 104 valence electrons. The Balaban J connectivity index is 3.07. The first-order valence-electron chi connectivity index (χ1n) is 4.79. The second-order valence-electron chi connectivity index (χ2n) is 3.35. The number of hydrogen-bond donors (Lipinski definition) is 1. The van der Waals surface area contributed by atoms with Gasteiger partial charge in [-0.3, -0.25) is 0 Å². The molecular weight excluding hydrogens is 308 g/mol. The largest absolute Gasteiger partial charge is 0.489 e. The zero-order valence-electron chi connectivity index (χ0n) is 9.17. The van der Waals surface area contributed by atoms with Gasteiger partial charge in [-0.05, 0) is 24.3 Å². The van der Waals surface area contributed by atoms with Gasteiger partial charge in [-0.25, -0.2) is 4.79 Å². The second-order valence-corrected chi connectivity index (χ2v) is 4.36. The van der Waals surface area contributed by atoms with Crippen LogP contribution in [0.25, 0.3) is 0 Å². The first-order chi connectivity index (χ1) is 8.70.